The molecular formula is C23H28F3N5. The standard InChI is InChI=1S/C23H28F3N5/c24-23(25,26)21-4-3-20(13-29-21)30-8-5-17(6-9-30)22(18-2-1-7-27-12-18)31-14-16-10-19(15-31)28-11-16/h1-4,7,12-13,16-17,19,22,28H,5-6,8-11,14-15H2. The summed E-state index contributed by atoms with van der Waals surface area (Å²) in [5.41, 5.74) is 1.21. The van der Waals surface area contributed by atoms with Crippen LogP contribution in [-0.2, 0) is 6.18 Å². The van der Waals surface area contributed by atoms with Gasteiger partial charge in [0, 0.05) is 50.7 Å². The molecule has 8 heteroatoms. The zero-order valence-electron chi connectivity index (χ0n) is 17.4. The Hall–Kier alpha value is -2.19. The lowest BCUT2D eigenvalue weighted by Crippen LogP contribution is -2.47. The first kappa shape index (κ1) is 20.7. The number of pyridine rings is 2. The Balaban J connectivity index is 1.30. The van der Waals surface area contributed by atoms with Gasteiger partial charge in [-0.25, -0.2) is 4.98 Å². The van der Waals surface area contributed by atoms with Crippen molar-refractivity contribution in [3.05, 3.63) is 54.1 Å². The summed E-state index contributed by atoms with van der Waals surface area (Å²) in [6.45, 7) is 4.95. The van der Waals surface area contributed by atoms with Gasteiger partial charge in [-0.2, -0.15) is 13.2 Å². The minimum Gasteiger partial charge on any atom is -0.370 e. The van der Waals surface area contributed by atoms with Gasteiger partial charge >= 0.3 is 6.18 Å². The van der Waals surface area contributed by atoms with E-state index in [2.05, 4.69) is 31.2 Å². The first-order valence-electron chi connectivity index (χ1n) is 11.1. The Labute approximate surface area is 180 Å². The molecule has 2 aromatic heterocycles. The van der Waals surface area contributed by atoms with Crippen LogP contribution in [-0.4, -0.2) is 53.6 Å². The number of hydrogen-bond donors (Lipinski definition) is 1. The average molecular weight is 432 g/mol. The van der Waals surface area contributed by atoms with Gasteiger partial charge in [-0.3, -0.25) is 9.88 Å². The van der Waals surface area contributed by atoms with Crippen LogP contribution < -0.4 is 10.2 Å². The molecule has 2 bridgehead atoms. The molecule has 166 valence electrons. The zero-order valence-corrected chi connectivity index (χ0v) is 17.4. The van der Waals surface area contributed by atoms with Crippen LogP contribution in [0.15, 0.2) is 42.9 Å². The lowest BCUT2D eigenvalue weighted by molar-refractivity contribution is -0.141. The highest BCUT2D eigenvalue weighted by molar-refractivity contribution is 5.45. The molecule has 0 radical (unpaired) electrons. The first-order valence-corrected chi connectivity index (χ1v) is 11.1. The van der Waals surface area contributed by atoms with Crippen LogP contribution in [0.3, 0.4) is 0 Å². The van der Waals surface area contributed by atoms with Crippen molar-refractivity contribution in [3.63, 3.8) is 0 Å². The fourth-order valence-corrected chi connectivity index (χ4v) is 5.64. The van der Waals surface area contributed by atoms with E-state index in [0.29, 0.717) is 18.0 Å². The maximum atomic E-state index is 12.8. The summed E-state index contributed by atoms with van der Waals surface area (Å²) in [5.74, 6) is 1.22. The molecule has 3 atom stereocenters. The van der Waals surface area contributed by atoms with E-state index in [0.717, 1.165) is 63.2 Å². The molecule has 3 unspecified atom stereocenters. The van der Waals surface area contributed by atoms with Crippen molar-refractivity contribution >= 4 is 5.69 Å². The van der Waals surface area contributed by atoms with Crippen molar-refractivity contribution in [1.82, 2.24) is 20.2 Å². The predicted molar refractivity (Wildman–Crippen MR) is 113 cm³/mol. The van der Waals surface area contributed by atoms with Gasteiger partial charge in [0.1, 0.15) is 5.69 Å². The van der Waals surface area contributed by atoms with Crippen LogP contribution >= 0.6 is 0 Å². The van der Waals surface area contributed by atoms with Crippen molar-refractivity contribution in [2.75, 3.05) is 37.6 Å². The molecule has 0 aliphatic carbocycles. The first-order chi connectivity index (χ1) is 15.0. The number of piperidine rings is 2. The van der Waals surface area contributed by atoms with Gasteiger partial charge in [0.2, 0.25) is 0 Å². The third kappa shape index (κ3) is 4.41. The van der Waals surface area contributed by atoms with E-state index in [1.54, 1.807) is 6.07 Å². The Morgan fingerprint density at radius 1 is 1.06 bits per heavy atom. The van der Waals surface area contributed by atoms with Gasteiger partial charge in [0.25, 0.3) is 0 Å². The molecule has 0 amide bonds. The fraction of sp³-hybridized carbons (Fsp3) is 0.565. The van der Waals surface area contributed by atoms with Crippen LogP contribution in [0.2, 0.25) is 0 Å². The minimum atomic E-state index is -4.40. The summed E-state index contributed by atoms with van der Waals surface area (Å²) in [7, 11) is 0. The Bertz CT molecular complexity index is 853. The van der Waals surface area contributed by atoms with Crippen molar-refractivity contribution in [3.8, 4) is 0 Å². The van der Waals surface area contributed by atoms with Crippen LogP contribution in [0.1, 0.15) is 36.6 Å². The molecule has 0 spiro atoms. The molecule has 3 aliphatic rings. The van der Waals surface area contributed by atoms with Crippen LogP contribution in [0.5, 0.6) is 0 Å². The van der Waals surface area contributed by atoms with Crippen LogP contribution in [0, 0.1) is 11.8 Å². The number of aromatic nitrogens is 2. The smallest absolute Gasteiger partial charge is 0.370 e. The van der Waals surface area contributed by atoms with Gasteiger partial charge in [-0.15, -0.1) is 0 Å². The normalized spacial score (nSPS) is 26.2. The maximum absolute atomic E-state index is 12.8. The number of anilines is 1. The Kier molecular flexibility index (Phi) is 5.60. The molecule has 0 aromatic carbocycles. The molecular weight excluding hydrogens is 403 g/mol. The van der Waals surface area contributed by atoms with Gasteiger partial charge in [0.05, 0.1) is 11.9 Å². The van der Waals surface area contributed by atoms with Crippen LogP contribution in [0.4, 0.5) is 18.9 Å². The largest absolute Gasteiger partial charge is 0.433 e. The van der Waals surface area contributed by atoms with E-state index in [9.17, 15) is 13.2 Å². The van der Waals surface area contributed by atoms with E-state index in [1.165, 1.54) is 18.2 Å². The second-order valence-corrected chi connectivity index (χ2v) is 9.12. The lowest BCUT2D eigenvalue weighted by atomic mass is 9.83. The van der Waals surface area contributed by atoms with Gasteiger partial charge < -0.3 is 10.2 Å². The number of likely N-dealkylation sites (tertiary alicyclic amines) is 1. The zero-order chi connectivity index (χ0) is 21.4. The number of rotatable bonds is 4. The molecule has 31 heavy (non-hydrogen) atoms. The molecule has 5 heterocycles. The van der Waals surface area contributed by atoms with Gasteiger partial charge in [-0.1, -0.05) is 6.07 Å². The molecule has 3 aliphatic heterocycles. The van der Waals surface area contributed by atoms with Crippen molar-refractivity contribution in [2.45, 2.75) is 37.5 Å². The number of alkyl halides is 3. The highest BCUT2D eigenvalue weighted by Gasteiger charge is 2.39. The third-order valence-electron chi connectivity index (χ3n) is 7.07. The molecule has 0 saturated carbocycles. The van der Waals surface area contributed by atoms with E-state index < -0.39 is 11.9 Å². The SMILES string of the molecule is FC(F)(F)c1ccc(N2CCC(C(c3cccnc3)N3CC4CNC(C4)C3)CC2)cn1. The molecule has 3 fully saturated rings. The average Bonchev–Trinajstić information content (AvgIpc) is 3.12. The van der Waals surface area contributed by atoms with E-state index >= 15 is 0 Å². The predicted octanol–water partition coefficient (Wildman–Crippen LogP) is 3.75. The quantitative estimate of drug-likeness (QED) is 0.799. The molecule has 5 nitrogen and oxygen atoms in total. The molecule has 5 rings (SSSR count). The summed E-state index contributed by atoms with van der Waals surface area (Å²) in [5, 5.41) is 3.65. The van der Waals surface area contributed by atoms with Crippen LogP contribution in [0.25, 0.3) is 0 Å². The number of nitrogens with one attached hydrogen (secondary N) is 1. The lowest BCUT2D eigenvalue weighted by Gasteiger charge is -2.44. The van der Waals surface area contributed by atoms with Gasteiger partial charge in [-0.05, 0) is 61.4 Å². The molecule has 3 saturated heterocycles. The summed E-state index contributed by atoms with van der Waals surface area (Å²) < 4.78 is 38.4. The number of fused-ring (bicyclic) bond motifs is 2. The highest BCUT2D eigenvalue weighted by atomic mass is 19.4. The number of hydrogen-bond acceptors (Lipinski definition) is 5. The topological polar surface area (TPSA) is 44.3 Å². The number of nitrogens with zero attached hydrogens (tertiary/aromatic N) is 4. The maximum Gasteiger partial charge on any atom is 0.433 e. The van der Waals surface area contributed by atoms with Crippen molar-refractivity contribution in [2.24, 2.45) is 11.8 Å². The second kappa shape index (κ2) is 8.39. The highest BCUT2D eigenvalue weighted by Crippen LogP contribution is 2.39. The summed E-state index contributed by atoms with van der Waals surface area (Å²) in [6, 6.07) is 7.75. The van der Waals surface area contributed by atoms with Crippen molar-refractivity contribution in [1.29, 1.82) is 0 Å². The molecule has 1 N–H and O–H groups in total. The summed E-state index contributed by atoms with van der Waals surface area (Å²) >= 11 is 0. The van der Waals surface area contributed by atoms with E-state index in [-0.39, 0.29) is 0 Å². The number of halogens is 3. The van der Waals surface area contributed by atoms with Gasteiger partial charge in [0.15, 0.2) is 0 Å². The summed E-state index contributed by atoms with van der Waals surface area (Å²) in [4.78, 5) is 12.8. The monoisotopic (exact) mass is 431 g/mol. The van der Waals surface area contributed by atoms with Crippen molar-refractivity contribution < 1.29 is 13.2 Å². The Morgan fingerprint density at radius 3 is 2.55 bits per heavy atom. The fourth-order valence-electron chi connectivity index (χ4n) is 5.64. The van der Waals surface area contributed by atoms with E-state index in [4.69, 9.17) is 0 Å². The Morgan fingerprint density at radius 2 is 1.90 bits per heavy atom. The molecule has 2 aromatic rings. The second-order valence-electron chi connectivity index (χ2n) is 9.12. The minimum absolute atomic E-state index is 0.340. The van der Waals surface area contributed by atoms with E-state index in [1.807, 2.05) is 18.5 Å². The summed E-state index contributed by atoms with van der Waals surface area (Å²) in [6.07, 6.45) is 4.05. The third-order valence-corrected chi connectivity index (χ3v) is 7.07.